The van der Waals surface area contributed by atoms with Gasteiger partial charge in [0.1, 0.15) is 6.04 Å². The topological polar surface area (TPSA) is 86.8 Å². The van der Waals surface area contributed by atoms with Gasteiger partial charge < -0.3 is 10.2 Å². The number of carbonyl (C=O) groups excluding carboxylic acids is 2. The van der Waals surface area contributed by atoms with Crippen LogP contribution in [0.25, 0.3) is 0 Å². The number of benzene rings is 3. The Labute approximate surface area is 253 Å². The first-order valence-electron chi connectivity index (χ1n) is 13.6. The molecule has 10 heteroatoms. The number of hydrogen-bond donors (Lipinski definition) is 1. The van der Waals surface area contributed by atoms with Gasteiger partial charge in [-0.25, -0.2) is 8.42 Å². The van der Waals surface area contributed by atoms with Crippen LogP contribution in [0, 0.1) is 0 Å². The summed E-state index contributed by atoms with van der Waals surface area (Å²) in [5, 5.41) is 3.99. The number of halogens is 2. The Morgan fingerprint density at radius 2 is 1.54 bits per heavy atom. The van der Waals surface area contributed by atoms with Crippen LogP contribution in [0.2, 0.25) is 10.0 Å². The zero-order chi connectivity index (χ0) is 30.0. The number of amides is 2. The molecule has 3 rings (SSSR count). The van der Waals surface area contributed by atoms with Crippen molar-refractivity contribution in [1.82, 2.24) is 10.2 Å². The standard InChI is InChI=1S/C31H37Cl2N3O4S/c1-4-23(2)34-31(38)29(20-24-11-6-5-7-12-24)35(22-25-13-8-14-26(32)19-25)30(37)17-10-18-36(41(3,39)40)28-16-9-15-27(33)21-28/h5-9,11-16,19,21,23,29H,4,10,17-18,20,22H2,1-3H3,(H,34,38)/t23-,29+/m0/s1. The first kappa shape index (κ1) is 32.4. The Hall–Kier alpha value is -3.07. The molecule has 0 unspecified atom stereocenters. The molecule has 2 atom stereocenters. The van der Waals surface area contributed by atoms with Gasteiger partial charge in [-0.2, -0.15) is 0 Å². The van der Waals surface area contributed by atoms with E-state index in [2.05, 4.69) is 5.32 Å². The molecule has 3 aromatic rings. The number of nitrogens with zero attached hydrogens (tertiary/aromatic N) is 2. The van der Waals surface area contributed by atoms with E-state index in [9.17, 15) is 18.0 Å². The molecule has 1 N–H and O–H groups in total. The summed E-state index contributed by atoms with van der Waals surface area (Å²) in [5.74, 6) is -0.500. The summed E-state index contributed by atoms with van der Waals surface area (Å²) in [6.07, 6.45) is 2.48. The third-order valence-electron chi connectivity index (χ3n) is 6.76. The number of rotatable bonds is 14. The van der Waals surface area contributed by atoms with Gasteiger partial charge in [0.2, 0.25) is 21.8 Å². The van der Waals surface area contributed by atoms with Gasteiger partial charge in [-0.15, -0.1) is 0 Å². The monoisotopic (exact) mass is 617 g/mol. The van der Waals surface area contributed by atoms with Gasteiger partial charge in [0, 0.05) is 42.0 Å². The van der Waals surface area contributed by atoms with Crippen molar-refractivity contribution >= 4 is 50.7 Å². The first-order chi connectivity index (χ1) is 19.5. The fraction of sp³-hybridized carbons (Fsp3) is 0.355. The Bertz CT molecular complexity index is 1420. The van der Waals surface area contributed by atoms with E-state index in [1.165, 1.54) is 4.31 Å². The predicted molar refractivity (Wildman–Crippen MR) is 167 cm³/mol. The molecule has 0 fully saturated rings. The number of anilines is 1. The maximum atomic E-state index is 13.9. The Morgan fingerprint density at radius 1 is 0.902 bits per heavy atom. The number of nitrogens with one attached hydrogen (secondary N) is 1. The van der Waals surface area contributed by atoms with Crippen LogP contribution < -0.4 is 9.62 Å². The normalized spacial score (nSPS) is 12.8. The van der Waals surface area contributed by atoms with E-state index < -0.39 is 16.1 Å². The molecule has 2 amide bonds. The molecular formula is C31H37Cl2N3O4S. The van der Waals surface area contributed by atoms with E-state index in [0.717, 1.165) is 23.8 Å². The summed E-state index contributed by atoms with van der Waals surface area (Å²) in [4.78, 5) is 29.1. The number of hydrogen-bond acceptors (Lipinski definition) is 4. The molecule has 0 aliphatic heterocycles. The second kappa shape index (κ2) is 15.2. The average molecular weight is 619 g/mol. The van der Waals surface area contributed by atoms with Crippen LogP contribution in [0.5, 0.6) is 0 Å². The highest BCUT2D eigenvalue weighted by Gasteiger charge is 2.31. The predicted octanol–water partition coefficient (Wildman–Crippen LogP) is 6.09. The fourth-order valence-corrected chi connectivity index (χ4v) is 5.82. The van der Waals surface area contributed by atoms with E-state index in [1.54, 1.807) is 47.4 Å². The van der Waals surface area contributed by atoms with E-state index in [4.69, 9.17) is 23.2 Å². The zero-order valence-corrected chi connectivity index (χ0v) is 25.9. The van der Waals surface area contributed by atoms with Gasteiger partial charge in [0.25, 0.3) is 0 Å². The van der Waals surface area contributed by atoms with Crippen molar-refractivity contribution in [1.29, 1.82) is 0 Å². The molecule has 0 saturated carbocycles. The van der Waals surface area contributed by atoms with Crippen LogP contribution in [0.15, 0.2) is 78.9 Å². The molecule has 0 bridgehead atoms. The first-order valence-corrected chi connectivity index (χ1v) is 16.2. The highest BCUT2D eigenvalue weighted by molar-refractivity contribution is 7.92. The highest BCUT2D eigenvalue weighted by Crippen LogP contribution is 2.23. The van der Waals surface area contributed by atoms with Crippen molar-refractivity contribution in [2.24, 2.45) is 0 Å². The molecule has 220 valence electrons. The minimum atomic E-state index is -3.62. The van der Waals surface area contributed by atoms with Crippen molar-refractivity contribution in [3.63, 3.8) is 0 Å². The quantitative estimate of drug-likeness (QED) is 0.237. The summed E-state index contributed by atoms with van der Waals surface area (Å²) in [7, 11) is -3.62. The highest BCUT2D eigenvalue weighted by atomic mass is 35.5. The fourth-order valence-electron chi connectivity index (χ4n) is 4.46. The van der Waals surface area contributed by atoms with Crippen LogP contribution in [0.1, 0.15) is 44.2 Å². The molecule has 0 heterocycles. The summed E-state index contributed by atoms with van der Waals surface area (Å²) in [6.45, 7) is 4.17. The smallest absolute Gasteiger partial charge is 0.243 e. The number of carbonyl (C=O) groups is 2. The van der Waals surface area contributed by atoms with Gasteiger partial charge in [0.05, 0.1) is 11.9 Å². The van der Waals surface area contributed by atoms with Crippen LogP contribution in [0.4, 0.5) is 5.69 Å². The molecule has 41 heavy (non-hydrogen) atoms. The maximum absolute atomic E-state index is 13.9. The molecule has 0 aliphatic rings. The SMILES string of the molecule is CC[C@H](C)NC(=O)[C@@H](Cc1ccccc1)N(Cc1cccc(Cl)c1)C(=O)CCCN(c1cccc(Cl)c1)S(C)(=O)=O. The summed E-state index contributed by atoms with van der Waals surface area (Å²) in [5.41, 5.74) is 2.14. The van der Waals surface area contributed by atoms with E-state index in [-0.39, 0.29) is 43.8 Å². The molecule has 0 spiro atoms. The second-order valence-electron chi connectivity index (χ2n) is 10.1. The lowest BCUT2D eigenvalue weighted by molar-refractivity contribution is -0.141. The maximum Gasteiger partial charge on any atom is 0.243 e. The van der Waals surface area contributed by atoms with Crippen LogP contribution >= 0.6 is 23.2 Å². The molecule has 0 saturated heterocycles. The van der Waals surface area contributed by atoms with Crippen molar-refractivity contribution in [3.8, 4) is 0 Å². The summed E-state index contributed by atoms with van der Waals surface area (Å²) < 4.78 is 26.4. The van der Waals surface area contributed by atoms with Gasteiger partial charge >= 0.3 is 0 Å². The van der Waals surface area contributed by atoms with Crippen molar-refractivity contribution in [2.75, 3.05) is 17.1 Å². The Balaban J connectivity index is 1.89. The lowest BCUT2D eigenvalue weighted by atomic mass is 10.0. The number of sulfonamides is 1. The molecule has 7 nitrogen and oxygen atoms in total. The molecule has 0 aliphatic carbocycles. The molecule has 3 aromatic carbocycles. The van der Waals surface area contributed by atoms with Crippen LogP contribution in [0.3, 0.4) is 0 Å². The molecular weight excluding hydrogens is 581 g/mol. The van der Waals surface area contributed by atoms with Crippen LogP contribution in [-0.4, -0.2) is 50.0 Å². The van der Waals surface area contributed by atoms with E-state index in [1.807, 2.05) is 50.2 Å². The zero-order valence-electron chi connectivity index (χ0n) is 23.6. The van der Waals surface area contributed by atoms with Gasteiger partial charge in [-0.3, -0.25) is 13.9 Å². The lowest BCUT2D eigenvalue weighted by Crippen LogP contribution is -2.52. The lowest BCUT2D eigenvalue weighted by Gasteiger charge is -2.32. The minimum Gasteiger partial charge on any atom is -0.352 e. The van der Waals surface area contributed by atoms with Crippen molar-refractivity contribution in [2.45, 2.75) is 58.2 Å². The van der Waals surface area contributed by atoms with E-state index >= 15 is 0 Å². The third kappa shape index (κ3) is 10.1. The molecule has 0 radical (unpaired) electrons. The Kier molecular flexibility index (Phi) is 12.1. The van der Waals surface area contributed by atoms with Gasteiger partial charge in [-0.1, -0.05) is 78.7 Å². The average Bonchev–Trinajstić information content (AvgIpc) is 2.92. The van der Waals surface area contributed by atoms with Crippen molar-refractivity contribution < 1.29 is 18.0 Å². The second-order valence-corrected chi connectivity index (χ2v) is 12.9. The minimum absolute atomic E-state index is 0.0368. The third-order valence-corrected chi connectivity index (χ3v) is 8.43. The van der Waals surface area contributed by atoms with Crippen molar-refractivity contribution in [3.05, 3.63) is 100 Å². The Morgan fingerprint density at radius 3 is 2.15 bits per heavy atom. The molecule has 0 aromatic heterocycles. The summed E-state index contributed by atoms with van der Waals surface area (Å²) >= 11 is 12.3. The van der Waals surface area contributed by atoms with Gasteiger partial charge in [0.15, 0.2) is 0 Å². The van der Waals surface area contributed by atoms with Gasteiger partial charge in [-0.05, 0) is 61.2 Å². The summed E-state index contributed by atoms with van der Waals surface area (Å²) in [6, 6.07) is 22.5. The van der Waals surface area contributed by atoms with Crippen LogP contribution in [-0.2, 0) is 32.6 Å². The van der Waals surface area contributed by atoms with E-state index in [0.29, 0.717) is 22.2 Å². The largest absolute Gasteiger partial charge is 0.352 e.